The third-order valence-corrected chi connectivity index (χ3v) is 9.84. The quantitative estimate of drug-likeness (QED) is 0.333. The molecular formula is C28H27F2N5O4S. The standard InChI is InChI=1S/C28H27F2N5O4S/c1-15-3-9-19(10-4-15)40(37,38)35-14-21(20-11-18(29)12-22(30)26(20)35)27-33-23(13-31-34-27)32-25-17-7-5-16(6-8-17)24(25)28(36)39-2/h3-4,9-14,16-17,24-25H,5-8H2,1-2H3,(H,32,33,34)/t16?,17?,24-,25-/m0/s1. The van der Waals surface area contributed by atoms with Crippen LogP contribution < -0.4 is 5.32 Å². The number of hydrogen-bond acceptors (Lipinski definition) is 8. The molecule has 2 aromatic heterocycles. The second kappa shape index (κ2) is 9.92. The molecule has 3 aliphatic rings. The van der Waals surface area contributed by atoms with Gasteiger partial charge < -0.3 is 10.1 Å². The largest absolute Gasteiger partial charge is 0.469 e. The van der Waals surface area contributed by atoms with Gasteiger partial charge in [-0.05, 0) is 62.6 Å². The van der Waals surface area contributed by atoms with Crippen molar-refractivity contribution in [3.05, 3.63) is 66.0 Å². The molecule has 2 aromatic carbocycles. The Hall–Kier alpha value is -3.93. The summed E-state index contributed by atoms with van der Waals surface area (Å²) in [6.45, 7) is 1.82. The van der Waals surface area contributed by atoms with Gasteiger partial charge in [0.2, 0.25) is 0 Å². The number of rotatable bonds is 6. The number of methoxy groups -OCH3 is 1. The third-order valence-electron chi connectivity index (χ3n) is 8.17. The van der Waals surface area contributed by atoms with Crippen molar-refractivity contribution in [2.24, 2.45) is 17.8 Å². The Morgan fingerprint density at radius 1 is 1.07 bits per heavy atom. The highest BCUT2D eigenvalue weighted by Gasteiger charge is 2.48. The number of aryl methyl sites for hydroxylation is 1. The van der Waals surface area contributed by atoms with Crippen LogP contribution in [0.3, 0.4) is 0 Å². The molecule has 2 heterocycles. The van der Waals surface area contributed by atoms with Gasteiger partial charge in [-0.15, -0.1) is 5.10 Å². The highest BCUT2D eigenvalue weighted by atomic mass is 32.2. The molecule has 12 heteroatoms. The zero-order chi connectivity index (χ0) is 28.2. The van der Waals surface area contributed by atoms with Crippen LogP contribution in [0.4, 0.5) is 14.6 Å². The zero-order valence-electron chi connectivity index (χ0n) is 21.8. The number of nitrogens with one attached hydrogen (secondary N) is 1. The van der Waals surface area contributed by atoms with Crippen molar-refractivity contribution in [1.82, 2.24) is 19.2 Å². The number of hydrogen-bond donors (Lipinski definition) is 1. The van der Waals surface area contributed by atoms with E-state index in [9.17, 15) is 17.6 Å². The maximum Gasteiger partial charge on any atom is 0.311 e. The number of ether oxygens (including phenoxy) is 1. The first-order valence-electron chi connectivity index (χ1n) is 13.0. The molecule has 4 aromatic rings. The van der Waals surface area contributed by atoms with Crippen LogP contribution in [0.5, 0.6) is 0 Å². The number of aromatic nitrogens is 4. The fourth-order valence-corrected chi connectivity index (χ4v) is 7.61. The Bertz CT molecular complexity index is 1720. The van der Waals surface area contributed by atoms with E-state index in [0.29, 0.717) is 11.9 Å². The molecule has 1 N–H and O–H groups in total. The first-order chi connectivity index (χ1) is 19.2. The molecular weight excluding hydrogens is 540 g/mol. The number of carbonyl (C=O) groups is 1. The van der Waals surface area contributed by atoms with E-state index in [1.807, 2.05) is 6.92 Å². The molecule has 7 rings (SSSR count). The van der Waals surface area contributed by atoms with Crippen LogP contribution in [-0.2, 0) is 19.6 Å². The predicted octanol–water partition coefficient (Wildman–Crippen LogP) is 4.71. The molecule has 0 saturated heterocycles. The van der Waals surface area contributed by atoms with Gasteiger partial charge in [-0.2, -0.15) is 5.10 Å². The predicted molar refractivity (Wildman–Crippen MR) is 143 cm³/mol. The molecule has 3 aliphatic carbocycles. The lowest BCUT2D eigenvalue weighted by molar-refractivity contribution is -0.152. The third kappa shape index (κ3) is 4.40. The van der Waals surface area contributed by atoms with Gasteiger partial charge in [0, 0.05) is 29.3 Å². The van der Waals surface area contributed by atoms with Gasteiger partial charge in [-0.25, -0.2) is 26.2 Å². The van der Waals surface area contributed by atoms with Crippen molar-refractivity contribution in [2.45, 2.75) is 43.5 Å². The van der Waals surface area contributed by atoms with Crippen LogP contribution >= 0.6 is 0 Å². The Morgan fingerprint density at radius 2 is 1.77 bits per heavy atom. The lowest BCUT2D eigenvalue weighted by atomic mass is 9.61. The average molecular weight is 568 g/mol. The van der Waals surface area contributed by atoms with Gasteiger partial charge >= 0.3 is 5.97 Å². The van der Waals surface area contributed by atoms with Crippen molar-refractivity contribution in [1.29, 1.82) is 0 Å². The number of carbonyl (C=O) groups excluding carboxylic acids is 1. The van der Waals surface area contributed by atoms with Crippen LogP contribution in [0.25, 0.3) is 22.3 Å². The van der Waals surface area contributed by atoms with Gasteiger partial charge in [0.1, 0.15) is 17.2 Å². The summed E-state index contributed by atoms with van der Waals surface area (Å²) in [6, 6.07) is 7.59. The van der Waals surface area contributed by atoms with Gasteiger partial charge in [-0.1, -0.05) is 17.7 Å². The Balaban J connectivity index is 1.43. The van der Waals surface area contributed by atoms with E-state index in [1.165, 1.54) is 31.6 Å². The van der Waals surface area contributed by atoms with Gasteiger partial charge in [0.15, 0.2) is 11.6 Å². The van der Waals surface area contributed by atoms with Crippen molar-refractivity contribution >= 4 is 32.7 Å². The normalized spacial score (nSPS) is 22.4. The highest BCUT2D eigenvalue weighted by Crippen LogP contribution is 2.46. The molecule has 3 fully saturated rings. The van der Waals surface area contributed by atoms with E-state index in [1.54, 1.807) is 12.1 Å². The second-order valence-corrected chi connectivity index (χ2v) is 12.3. The summed E-state index contributed by atoms with van der Waals surface area (Å²) in [7, 11) is -2.87. The van der Waals surface area contributed by atoms with Crippen molar-refractivity contribution in [3.63, 3.8) is 0 Å². The molecule has 3 saturated carbocycles. The molecule has 0 aliphatic heterocycles. The van der Waals surface area contributed by atoms with Crippen molar-refractivity contribution in [3.8, 4) is 11.4 Å². The minimum Gasteiger partial charge on any atom is -0.469 e. The molecule has 208 valence electrons. The summed E-state index contributed by atoms with van der Waals surface area (Å²) in [5, 5.41) is 11.4. The highest BCUT2D eigenvalue weighted by molar-refractivity contribution is 7.90. The molecule has 9 nitrogen and oxygen atoms in total. The topological polar surface area (TPSA) is 116 Å². The lowest BCUT2D eigenvalue weighted by Gasteiger charge is -2.47. The molecule has 2 bridgehead atoms. The maximum absolute atomic E-state index is 15.1. The van der Waals surface area contributed by atoms with Gasteiger partial charge in [-0.3, -0.25) is 4.79 Å². The Labute approximate surface area is 229 Å². The summed E-state index contributed by atoms with van der Waals surface area (Å²) >= 11 is 0. The number of benzene rings is 2. The number of anilines is 1. The van der Waals surface area contributed by atoms with E-state index in [2.05, 4.69) is 20.5 Å². The summed E-state index contributed by atoms with van der Waals surface area (Å²) in [5.41, 5.74) is 0.624. The van der Waals surface area contributed by atoms with Crippen LogP contribution in [0.1, 0.15) is 31.2 Å². The van der Waals surface area contributed by atoms with E-state index in [0.717, 1.165) is 41.3 Å². The second-order valence-electron chi connectivity index (χ2n) is 10.5. The van der Waals surface area contributed by atoms with E-state index in [-0.39, 0.29) is 57.0 Å². The van der Waals surface area contributed by atoms with E-state index < -0.39 is 21.7 Å². The SMILES string of the molecule is COC(=O)[C@H]1C2CCC(CC2)[C@@H]1Nc1cnnc(-c2cn(S(=O)(=O)c3ccc(C)cc3)c3c(F)cc(F)cc23)n1. The fourth-order valence-electron chi connectivity index (χ4n) is 6.23. The average Bonchev–Trinajstić information content (AvgIpc) is 3.34. The van der Waals surface area contributed by atoms with Crippen LogP contribution in [-0.4, -0.2) is 46.7 Å². The molecule has 40 heavy (non-hydrogen) atoms. The first kappa shape index (κ1) is 26.3. The molecule has 2 atom stereocenters. The summed E-state index contributed by atoms with van der Waals surface area (Å²) in [6.07, 6.45) is 6.46. The maximum atomic E-state index is 15.1. The van der Waals surface area contributed by atoms with E-state index in [4.69, 9.17) is 4.74 Å². The number of fused-ring (bicyclic) bond motifs is 4. The summed E-state index contributed by atoms with van der Waals surface area (Å²) in [5.74, 6) is -1.77. The number of nitrogens with zero attached hydrogens (tertiary/aromatic N) is 4. The fraction of sp³-hybridized carbons (Fsp3) is 0.357. The van der Waals surface area contributed by atoms with Gasteiger partial charge in [0.05, 0.1) is 24.1 Å². The van der Waals surface area contributed by atoms with E-state index >= 15 is 4.39 Å². The molecule has 0 amide bonds. The van der Waals surface area contributed by atoms with Crippen LogP contribution in [0.2, 0.25) is 0 Å². The van der Waals surface area contributed by atoms with Crippen LogP contribution in [0, 0.1) is 36.3 Å². The monoisotopic (exact) mass is 567 g/mol. The summed E-state index contributed by atoms with van der Waals surface area (Å²) < 4.78 is 62.5. The molecule has 0 radical (unpaired) electrons. The Morgan fingerprint density at radius 3 is 2.48 bits per heavy atom. The summed E-state index contributed by atoms with van der Waals surface area (Å²) in [4.78, 5) is 17.1. The first-order valence-corrected chi connectivity index (χ1v) is 14.5. The minimum atomic E-state index is -4.25. The van der Waals surface area contributed by atoms with Gasteiger partial charge in [0.25, 0.3) is 10.0 Å². The number of esters is 1. The van der Waals surface area contributed by atoms with Crippen molar-refractivity contribution in [2.75, 3.05) is 12.4 Å². The van der Waals surface area contributed by atoms with Crippen LogP contribution in [0.15, 0.2) is 53.7 Å². The molecule has 0 spiro atoms. The number of halogens is 2. The smallest absolute Gasteiger partial charge is 0.311 e. The Kier molecular flexibility index (Phi) is 6.52. The molecule has 0 unspecified atom stereocenters. The zero-order valence-corrected chi connectivity index (χ0v) is 22.7. The van der Waals surface area contributed by atoms with Crippen molar-refractivity contribution < 1.29 is 26.7 Å². The lowest BCUT2D eigenvalue weighted by Crippen LogP contribution is -2.51. The minimum absolute atomic E-state index is 0.0173.